The molecule has 3 fully saturated rings. The summed E-state index contributed by atoms with van der Waals surface area (Å²) in [6.07, 6.45) is 13.0. The first-order chi connectivity index (χ1) is 8.85. The second-order valence-corrected chi connectivity index (χ2v) is 6.92. The molecule has 3 aliphatic rings. The Morgan fingerprint density at radius 2 is 1.78 bits per heavy atom. The minimum atomic E-state index is 0.795. The molecule has 1 saturated heterocycles. The first-order valence-electron chi connectivity index (χ1n) is 8.35. The third-order valence-electron chi connectivity index (χ3n) is 5.15. The van der Waals surface area contributed by atoms with Gasteiger partial charge in [0.25, 0.3) is 0 Å². The molecule has 0 radical (unpaired) electrons. The molecule has 0 amide bonds. The lowest BCUT2D eigenvalue weighted by atomic mass is 9.89. The van der Waals surface area contributed by atoms with E-state index >= 15 is 0 Å². The van der Waals surface area contributed by atoms with Gasteiger partial charge in [-0.1, -0.05) is 26.2 Å². The number of likely N-dealkylation sites (tertiary alicyclic amines) is 1. The zero-order valence-corrected chi connectivity index (χ0v) is 12.0. The Labute approximate surface area is 113 Å². The van der Waals surface area contributed by atoms with Gasteiger partial charge in [0, 0.05) is 31.2 Å². The van der Waals surface area contributed by atoms with Crippen molar-refractivity contribution in [2.45, 2.75) is 82.8 Å². The molecule has 2 heteroatoms. The fourth-order valence-electron chi connectivity index (χ4n) is 4.13. The van der Waals surface area contributed by atoms with E-state index in [9.17, 15) is 0 Å². The van der Waals surface area contributed by atoms with E-state index < -0.39 is 0 Å². The molecule has 2 aliphatic carbocycles. The molecule has 0 aromatic carbocycles. The van der Waals surface area contributed by atoms with Crippen LogP contribution in [0.1, 0.15) is 64.7 Å². The Bertz CT molecular complexity index is 256. The van der Waals surface area contributed by atoms with E-state index in [1.807, 2.05) is 0 Å². The smallest absolute Gasteiger partial charge is 0.0200 e. The van der Waals surface area contributed by atoms with Crippen LogP contribution in [0.15, 0.2) is 0 Å². The van der Waals surface area contributed by atoms with Crippen molar-refractivity contribution < 1.29 is 0 Å². The third-order valence-corrected chi connectivity index (χ3v) is 5.15. The number of nitrogens with one attached hydrogen (secondary N) is 1. The van der Waals surface area contributed by atoms with Gasteiger partial charge < -0.3 is 5.32 Å². The van der Waals surface area contributed by atoms with Crippen molar-refractivity contribution in [1.29, 1.82) is 0 Å². The van der Waals surface area contributed by atoms with Gasteiger partial charge >= 0.3 is 0 Å². The van der Waals surface area contributed by atoms with Gasteiger partial charge in [-0.25, -0.2) is 0 Å². The SMILES string of the molecule is CCCC1CC(NC2CC2)CN(C2CCCC2)C1. The average molecular weight is 250 g/mol. The summed E-state index contributed by atoms with van der Waals surface area (Å²) in [5, 5.41) is 3.89. The van der Waals surface area contributed by atoms with E-state index in [2.05, 4.69) is 17.1 Å². The van der Waals surface area contributed by atoms with Crippen molar-refractivity contribution in [3.8, 4) is 0 Å². The highest BCUT2D eigenvalue weighted by Crippen LogP contribution is 2.31. The van der Waals surface area contributed by atoms with Crippen LogP contribution in [0.4, 0.5) is 0 Å². The van der Waals surface area contributed by atoms with Crippen molar-refractivity contribution >= 4 is 0 Å². The Balaban J connectivity index is 1.57. The lowest BCUT2D eigenvalue weighted by molar-refractivity contribution is 0.0944. The highest BCUT2D eigenvalue weighted by molar-refractivity contribution is 4.92. The van der Waals surface area contributed by atoms with Crippen LogP contribution < -0.4 is 5.32 Å². The normalized spacial score (nSPS) is 35.2. The first-order valence-corrected chi connectivity index (χ1v) is 8.35. The van der Waals surface area contributed by atoms with Crippen molar-refractivity contribution in [2.75, 3.05) is 13.1 Å². The van der Waals surface area contributed by atoms with E-state index in [-0.39, 0.29) is 0 Å². The van der Waals surface area contributed by atoms with E-state index in [0.29, 0.717) is 0 Å². The van der Waals surface area contributed by atoms with Crippen molar-refractivity contribution in [2.24, 2.45) is 5.92 Å². The standard InChI is InChI=1S/C16H30N2/c1-2-5-13-10-15(17-14-8-9-14)12-18(11-13)16-6-3-4-7-16/h13-17H,2-12H2,1H3. The summed E-state index contributed by atoms with van der Waals surface area (Å²) in [4.78, 5) is 2.84. The zero-order chi connectivity index (χ0) is 12.4. The molecule has 2 unspecified atom stereocenters. The van der Waals surface area contributed by atoms with E-state index in [0.717, 1.165) is 24.0 Å². The maximum Gasteiger partial charge on any atom is 0.0200 e. The molecule has 0 aromatic rings. The molecule has 2 nitrogen and oxygen atoms in total. The van der Waals surface area contributed by atoms with E-state index in [1.54, 1.807) is 0 Å². The van der Waals surface area contributed by atoms with Crippen LogP contribution in [0.25, 0.3) is 0 Å². The molecule has 104 valence electrons. The number of hydrogen-bond donors (Lipinski definition) is 1. The largest absolute Gasteiger partial charge is 0.310 e. The van der Waals surface area contributed by atoms with Crippen LogP contribution in [-0.2, 0) is 0 Å². The summed E-state index contributed by atoms with van der Waals surface area (Å²) in [5.74, 6) is 0.959. The Kier molecular flexibility index (Phi) is 4.25. The van der Waals surface area contributed by atoms with Crippen molar-refractivity contribution in [1.82, 2.24) is 10.2 Å². The summed E-state index contributed by atoms with van der Waals surface area (Å²) < 4.78 is 0. The van der Waals surface area contributed by atoms with Gasteiger partial charge in [-0.3, -0.25) is 4.90 Å². The molecular formula is C16H30N2. The number of piperidine rings is 1. The minimum Gasteiger partial charge on any atom is -0.310 e. The molecule has 1 aliphatic heterocycles. The quantitative estimate of drug-likeness (QED) is 0.806. The van der Waals surface area contributed by atoms with E-state index in [4.69, 9.17) is 0 Å². The summed E-state index contributed by atoms with van der Waals surface area (Å²) in [6.45, 7) is 5.07. The Hall–Kier alpha value is -0.0800. The molecule has 2 saturated carbocycles. The number of nitrogens with zero attached hydrogens (tertiary/aromatic N) is 1. The number of rotatable bonds is 5. The third kappa shape index (κ3) is 3.27. The Morgan fingerprint density at radius 3 is 2.44 bits per heavy atom. The van der Waals surface area contributed by atoms with Crippen LogP contribution in [0.2, 0.25) is 0 Å². The van der Waals surface area contributed by atoms with Crippen molar-refractivity contribution in [3.63, 3.8) is 0 Å². The molecule has 1 N–H and O–H groups in total. The van der Waals surface area contributed by atoms with Crippen molar-refractivity contribution in [3.05, 3.63) is 0 Å². The topological polar surface area (TPSA) is 15.3 Å². The van der Waals surface area contributed by atoms with Gasteiger partial charge in [-0.05, 0) is 44.4 Å². The van der Waals surface area contributed by atoms with Gasteiger partial charge in [0.15, 0.2) is 0 Å². The molecule has 0 spiro atoms. The van der Waals surface area contributed by atoms with Gasteiger partial charge in [0.05, 0.1) is 0 Å². The first kappa shape index (κ1) is 12.9. The van der Waals surface area contributed by atoms with Gasteiger partial charge in [0.2, 0.25) is 0 Å². The summed E-state index contributed by atoms with van der Waals surface area (Å²) in [6, 6.07) is 2.59. The predicted molar refractivity (Wildman–Crippen MR) is 76.8 cm³/mol. The average Bonchev–Trinajstić information content (AvgIpc) is 3.00. The molecule has 2 atom stereocenters. The molecule has 3 rings (SSSR count). The molecule has 18 heavy (non-hydrogen) atoms. The lowest BCUT2D eigenvalue weighted by Crippen LogP contribution is -2.52. The molecule has 0 aromatic heterocycles. The summed E-state index contributed by atoms with van der Waals surface area (Å²) in [7, 11) is 0. The fraction of sp³-hybridized carbons (Fsp3) is 1.00. The van der Waals surface area contributed by atoms with Crippen LogP contribution in [0.3, 0.4) is 0 Å². The zero-order valence-electron chi connectivity index (χ0n) is 12.0. The summed E-state index contributed by atoms with van der Waals surface area (Å²) in [5.41, 5.74) is 0. The highest BCUT2D eigenvalue weighted by Gasteiger charge is 2.34. The van der Waals surface area contributed by atoms with Gasteiger partial charge in [-0.15, -0.1) is 0 Å². The summed E-state index contributed by atoms with van der Waals surface area (Å²) >= 11 is 0. The fourth-order valence-corrected chi connectivity index (χ4v) is 4.13. The van der Waals surface area contributed by atoms with Crippen LogP contribution in [0.5, 0.6) is 0 Å². The maximum atomic E-state index is 3.89. The van der Waals surface area contributed by atoms with Gasteiger partial charge in [-0.2, -0.15) is 0 Å². The molecule has 1 heterocycles. The van der Waals surface area contributed by atoms with Crippen LogP contribution in [-0.4, -0.2) is 36.1 Å². The second kappa shape index (κ2) is 5.92. The monoisotopic (exact) mass is 250 g/mol. The number of hydrogen-bond acceptors (Lipinski definition) is 2. The van der Waals surface area contributed by atoms with Crippen LogP contribution >= 0.6 is 0 Å². The Morgan fingerprint density at radius 1 is 1.00 bits per heavy atom. The second-order valence-electron chi connectivity index (χ2n) is 6.92. The molecule has 0 bridgehead atoms. The predicted octanol–water partition coefficient (Wildman–Crippen LogP) is 3.17. The minimum absolute atomic E-state index is 0.795. The van der Waals surface area contributed by atoms with E-state index in [1.165, 1.54) is 70.9 Å². The lowest BCUT2D eigenvalue weighted by Gasteiger charge is -2.41. The maximum absolute atomic E-state index is 3.89. The molecular weight excluding hydrogens is 220 g/mol. The van der Waals surface area contributed by atoms with Crippen LogP contribution in [0, 0.1) is 5.92 Å². The highest BCUT2D eigenvalue weighted by atomic mass is 15.2. The van der Waals surface area contributed by atoms with Gasteiger partial charge in [0.1, 0.15) is 0 Å².